The van der Waals surface area contributed by atoms with E-state index in [0.717, 1.165) is 15.4 Å². The number of aromatic nitrogens is 1. The van der Waals surface area contributed by atoms with E-state index >= 15 is 0 Å². The number of hydrogen-bond donors (Lipinski definition) is 1. The molecule has 0 bridgehead atoms. The molecule has 0 unspecified atom stereocenters. The van der Waals surface area contributed by atoms with E-state index in [4.69, 9.17) is 0 Å². The Kier molecular flexibility index (Phi) is 4.11. The maximum atomic E-state index is 13.6. The number of nitro groups is 1. The van der Waals surface area contributed by atoms with E-state index in [2.05, 4.69) is 27.5 Å². The minimum Gasteiger partial charge on any atom is -0.361 e. The molecule has 0 saturated carbocycles. The zero-order valence-electron chi connectivity index (χ0n) is 14.3. The number of H-pyrrole nitrogens is 1. The number of amides is 1. The fourth-order valence-electron chi connectivity index (χ4n) is 3.97. The molecule has 27 heavy (non-hydrogen) atoms. The van der Waals surface area contributed by atoms with Crippen LogP contribution in [0.5, 0.6) is 0 Å². The highest BCUT2D eigenvalue weighted by Crippen LogP contribution is 2.48. The summed E-state index contributed by atoms with van der Waals surface area (Å²) in [6, 6.07) is 12.9. The van der Waals surface area contributed by atoms with Gasteiger partial charge in [0.15, 0.2) is 5.41 Å². The number of carbonyl (C=O) groups excluding carboxylic acids is 1. The van der Waals surface area contributed by atoms with Gasteiger partial charge in [0.05, 0.1) is 0 Å². The lowest BCUT2D eigenvalue weighted by molar-refractivity contribution is -0.486. The van der Waals surface area contributed by atoms with Crippen molar-refractivity contribution < 1.29 is 9.72 Å². The average Bonchev–Trinajstić information content (AvgIpc) is 3.15. The molecule has 6 nitrogen and oxygen atoms in total. The van der Waals surface area contributed by atoms with Crippen LogP contribution in [0.1, 0.15) is 11.1 Å². The number of carbonyl (C=O) groups is 1. The van der Waals surface area contributed by atoms with Gasteiger partial charge in [-0.15, -0.1) is 6.58 Å². The number of hydrogen-bond acceptors (Lipinski definition) is 3. The Bertz CT molecular complexity index is 1090. The van der Waals surface area contributed by atoms with Gasteiger partial charge in [-0.3, -0.25) is 14.9 Å². The Hall–Kier alpha value is -2.93. The Morgan fingerprint density at radius 1 is 1.26 bits per heavy atom. The van der Waals surface area contributed by atoms with Crippen LogP contribution < -0.4 is 4.90 Å². The van der Waals surface area contributed by atoms with Crippen molar-refractivity contribution in [3.8, 4) is 0 Å². The third-order valence-corrected chi connectivity index (χ3v) is 5.54. The number of halogens is 1. The van der Waals surface area contributed by atoms with Crippen molar-refractivity contribution >= 4 is 38.4 Å². The van der Waals surface area contributed by atoms with Gasteiger partial charge in [0.2, 0.25) is 12.5 Å². The van der Waals surface area contributed by atoms with Gasteiger partial charge in [-0.2, -0.15) is 0 Å². The average molecular weight is 426 g/mol. The quantitative estimate of drug-likeness (QED) is 0.380. The SMILES string of the molecule is C=CCN1C(=O)[C@@](C[N+](=O)[O-])(c2c[nH]c3ccc(Br)cc23)c2ccccc21. The number of nitrogens with one attached hydrogen (secondary N) is 1. The second-order valence-corrected chi connectivity index (χ2v) is 7.43. The molecule has 2 aromatic carbocycles. The number of nitrogens with zero attached hydrogens (tertiary/aromatic N) is 2. The highest BCUT2D eigenvalue weighted by atomic mass is 79.9. The molecule has 0 radical (unpaired) electrons. The lowest BCUT2D eigenvalue weighted by Gasteiger charge is -2.24. The molecule has 1 amide bonds. The van der Waals surface area contributed by atoms with Gasteiger partial charge in [-0.05, 0) is 24.3 Å². The van der Waals surface area contributed by atoms with Crippen LogP contribution in [0, 0.1) is 10.1 Å². The third-order valence-electron chi connectivity index (χ3n) is 5.05. The van der Waals surface area contributed by atoms with Gasteiger partial charge in [0, 0.05) is 49.9 Å². The summed E-state index contributed by atoms with van der Waals surface area (Å²) in [4.78, 5) is 29.6. The van der Waals surface area contributed by atoms with Crippen LogP contribution in [-0.2, 0) is 10.2 Å². The van der Waals surface area contributed by atoms with Crippen LogP contribution >= 0.6 is 15.9 Å². The van der Waals surface area contributed by atoms with Crippen molar-refractivity contribution in [2.45, 2.75) is 5.41 Å². The molecule has 4 rings (SSSR count). The van der Waals surface area contributed by atoms with Gasteiger partial charge >= 0.3 is 0 Å². The Balaban J connectivity index is 2.07. The summed E-state index contributed by atoms with van der Waals surface area (Å²) in [5, 5.41) is 12.5. The number of para-hydroxylation sites is 1. The summed E-state index contributed by atoms with van der Waals surface area (Å²) >= 11 is 3.46. The van der Waals surface area contributed by atoms with Gasteiger partial charge in [0.1, 0.15) is 0 Å². The number of aromatic amines is 1. The molecule has 0 spiro atoms. The molecule has 136 valence electrons. The van der Waals surface area contributed by atoms with Crippen LogP contribution in [0.3, 0.4) is 0 Å². The van der Waals surface area contributed by atoms with E-state index in [9.17, 15) is 14.9 Å². The molecule has 0 fully saturated rings. The van der Waals surface area contributed by atoms with Crippen molar-refractivity contribution in [1.82, 2.24) is 4.98 Å². The third kappa shape index (κ3) is 2.49. The van der Waals surface area contributed by atoms with Gasteiger partial charge in [-0.1, -0.05) is 40.2 Å². The van der Waals surface area contributed by atoms with Crippen LogP contribution in [0.2, 0.25) is 0 Å². The topological polar surface area (TPSA) is 79.2 Å². The standard InChI is InChI=1S/C20H16BrN3O3/c1-2-9-23-18-6-4-3-5-15(18)20(19(23)25,12-24(26)27)16-11-22-17-8-7-13(21)10-14(16)17/h2-8,10-11,22H,1,9,12H2/t20-/m1/s1. The molecule has 2 heterocycles. The molecular formula is C20H16BrN3O3. The van der Waals surface area contributed by atoms with Crippen molar-refractivity contribution in [3.63, 3.8) is 0 Å². The maximum absolute atomic E-state index is 13.6. The molecule has 1 aromatic heterocycles. The molecule has 0 saturated heterocycles. The Morgan fingerprint density at radius 2 is 2.04 bits per heavy atom. The number of anilines is 1. The van der Waals surface area contributed by atoms with Crippen LogP contribution in [0.25, 0.3) is 10.9 Å². The van der Waals surface area contributed by atoms with E-state index in [-0.39, 0.29) is 5.91 Å². The first-order chi connectivity index (χ1) is 13.0. The summed E-state index contributed by atoms with van der Waals surface area (Å²) in [6.45, 7) is 3.50. The molecule has 0 aliphatic carbocycles. The first-order valence-corrected chi connectivity index (χ1v) is 9.19. The number of benzene rings is 2. The summed E-state index contributed by atoms with van der Waals surface area (Å²) in [5.41, 5.74) is 1.38. The van der Waals surface area contributed by atoms with Crippen molar-refractivity contribution in [2.24, 2.45) is 0 Å². The highest BCUT2D eigenvalue weighted by Gasteiger charge is 2.56. The summed E-state index contributed by atoms with van der Waals surface area (Å²) < 4.78 is 0.841. The smallest absolute Gasteiger partial charge is 0.249 e. The van der Waals surface area contributed by atoms with Gasteiger partial charge in [0.25, 0.3) is 0 Å². The summed E-state index contributed by atoms with van der Waals surface area (Å²) in [5.74, 6) is -0.304. The zero-order chi connectivity index (χ0) is 19.2. The van der Waals surface area contributed by atoms with Gasteiger partial charge < -0.3 is 9.88 Å². The van der Waals surface area contributed by atoms with Crippen molar-refractivity contribution in [2.75, 3.05) is 18.0 Å². The lowest BCUT2D eigenvalue weighted by atomic mass is 9.75. The molecule has 1 aliphatic heterocycles. The zero-order valence-corrected chi connectivity index (χ0v) is 15.9. The monoisotopic (exact) mass is 425 g/mol. The van der Waals surface area contributed by atoms with Crippen LogP contribution in [0.15, 0.2) is 65.8 Å². The van der Waals surface area contributed by atoms with E-state index < -0.39 is 16.9 Å². The largest absolute Gasteiger partial charge is 0.361 e. The number of fused-ring (bicyclic) bond motifs is 2. The molecule has 7 heteroatoms. The molecule has 3 aromatic rings. The molecule has 1 atom stereocenters. The highest BCUT2D eigenvalue weighted by molar-refractivity contribution is 9.10. The fourth-order valence-corrected chi connectivity index (χ4v) is 4.33. The van der Waals surface area contributed by atoms with E-state index in [1.54, 1.807) is 23.2 Å². The Morgan fingerprint density at radius 3 is 2.78 bits per heavy atom. The van der Waals surface area contributed by atoms with E-state index in [1.165, 1.54) is 0 Å². The second-order valence-electron chi connectivity index (χ2n) is 6.51. The predicted octanol–water partition coefficient (Wildman–Crippen LogP) is 4.03. The lowest BCUT2D eigenvalue weighted by Crippen LogP contribution is -2.46. The number of rotatable bonds is 5. The fraction of sp³-hybridized carbons (Fsp3) is 0.150. The first kappa shape index (κ1) is 17.5. The first-order valence-electron chi connectivity index (χ1n) is 8.40. The molecule has 1 aliphatic rings. The minimum atomic E-state index is -1.39. The molecule has 1 N–H and O–H groups in total. The van der Waals surface area contributed by atoms with Crippen molar-refractivity contribution in [1.29, 1.82) is 0 Å². The predicted molar refractivity (Wildman–Crippen MR) is 108 cm³/mol. The molecular weight excluding hydrogens is 410 g/mol. The van der Waals surface area contributed by atoms with Crippen molar-refractivity contribution in [3.05, 3.63) is 87.0 Å². The van der Waals surface area contributed by atoms with Crippen LogP contribution in [0.4, 0.5) is 5.69 Å². The van der Waals surface area contributed by atoms with Crippen LogP contribution in [-0.4, -0.2) is 28.9 Å². The van der Waals surface area contributed by atoms with E-state index in [0.29, 0.717) is 23.4 Å². The minimum absolute atomic E-state index is 0.293. The van der Waals surface area contributed by atoms with E-state index in [1.807, 2.05) is 36.4 Å². The summed E-state index contributed by atoms with van der Waals surface area (Å²) in [7, 11) is 0. The second kappa shape index (κ2) is 6.35. The van der Waals surface area contributed by atoms with Gasteiger partial charge in [-0.25, -0.2) is 0 Å². The maximum Gasteiger partial charge on any atom is 0.249 e. The normalized spacial score (nSPS) is 18.7. The Labute approximate surface area is 163 Å². The summed E-state index contributed by atoms with van der Waals surface area (Å²) in [6.07, 6.45) is 3.34.